The molecule has 19 heavy (non-hydrogen) atoms. The topological polar surface area (TPSA) is 78.9 Å². The van der Waals surface area contributed by atoms with Crippen LogP contribution in [0.3, 0.4) is 0 Å². The lowest BCUT2D eigenvalue weighted by atomic mass is 10.1. The van der Waals surface area contributed by atoms with Crippen molar-refractivity contribution >= 4 is 12.0 Å². The van der Waals surface area contributed by atoms with Crippen LogP contribution in [0.25, 0.3) is 0 Å². The number of morpholine rings is 1. The molecule has 2 saturated heterocycles. The van der Waals surface area contributed by atoms with Crippen molar-refractivity contribution in [3.05, 3.63) is 0 Å². The molecule has 1 saturated carbocycles. The predicted molar refractivity (Wildman–Crippen MR) is 66.8 cm³/mol. The van der Waals surface area contributed by atoms with Crippen molar-refractivity contribution in [1.82, 2.24) is 10.2 Å². The summed E-state index contributed by atoms with van der Waals surface area (Å²) in [6.07, 6.45) is 4.45. The molecule has 1 aliphatic carbocycles. The maximum atomic E-state index is 12.2. The molecule has 2 heterocycles. The van der Waals surface area contributed by atoms with Crippen LogP contribution >= 0.6 is 0 Å². The molecule has 3 fully saturated rings. The quantitative estimate of drug-likeness (QED) is 0.777. The molecule has 4 atom stereocenters. The summed E-state index contributed by atoms with van der Waals surface area (Å²) in [6.45, 7) is 1.33. The highest BCUT2D eigenvalue weighted by molar-refractivity contribution is 5.75. The molecule has 3 rings (SSSR count). The summed E-state index contributed by atoms with van der Waals surface area (Å²) in [6, 6.07) is -0.0506. The maximum absolute atomic E-state index is 12.2. The molecular weight excluding hydrogens is 248 g/mol. The highest BCUT2D eigenvalue weighted by Crippen LogP contribution is 2.28. The van der Waals surface area contributed by atoms with Gasteiger partial charge < -0.3 is 20.1 Å². The van der Waals surface area contributed by atoms with Crippen LogP contribution in [-0.4, -0.2) is 53.3 Å². The fraction of sp³-hybridized carbons (Fsp3) is 0.846. The number of carbonyl (C=O) groups excluding carboxylic acids is 1. The fourth-order valence-corrected chi connectivity index (χ4v) is 3.38. The largest absolute Gasteiger partial charge is 0.481 e. The standard InChI is InChI=1S/C13H20N2O4/c16-12(17)8-1-2-9(5-8)14-13(18)15-6-10-3-4-11(7-15)19-10/h8-11H,1-7H2,(H,14,18)(H,16,17). The van der Waals surface area contributed by atoms with E-state index in [1.165, 1.54) is 0 Å². The van der Waals surface area contributed by atoms with Gasteiger partial charge in [0, 0.05) is 19.1 Å². The Morgan fingerprint density at radius 2 is 1.79 bits per heavy atom. The number of carbonyl (C=O) groups is 2. The summed E-state index contributed by atoms with van der Waals surface area (Å²) in [4.78, 5) is 24.9. The van der Waals surface area contributed by atoms with E-state index in [0.29, 0.717) is 25.9 Å². The van der Waals surface area contributed by atoms with E-state index >= 15 is 0 Å². The minimum absolute atomic E-state index is 0.00842. The third-order valence-electron chi connectivity index (χ3n) is 4.44. The number of likely N-dealkylation sites (tertiary alicyclic amines) is 1. The van der Waals surface area contributed by atoms with E-state index in [1.807, 2.05) is 4.90 Å². The Hall–Kier alpha value is -1.30. The molecule has 2 bridgehead atoms. The lowest BCUT2D eigenvalue weighted by molar-refractivity contribution is -0.141. The second-order valence-corrected chi connectivity index (χ2v) is 5.86. The van der Waals surface area contributed by atoms with Crippen LogP contribution in [0.1, 0.15) is 32.1 Å². The Labute approximate surface area is 112 Å². The Bertz CT molecular complexity index is 375. The Balaban J connectivity index is 1.50. The van der Waals surface area contributed by atoms with Crippen LogP contribution in [0.2, 0.25) is 0 Å². The van der Waals surface area contributed by atoms with Gasteiger partial charge in [-0.25, -0.2) is 4.79 Å². The third kappa shape index (κ3) is 2.68. The summed E-state index contributed by atoms with van der Waals surface area (Å²) < 4.78 is 5.70. The first-order valence-corrected chi connectivity index (χ1v) is 7.05. The van der Waals surface area contributed by atoms with Crippen molar-refractivity contribution in [1.29, 1.82) is 0 Å². The van der Waals surface area contributed by atoms with Crippen LogP contribution in [0.5, 0.6) is 0 Å². The molecule has 0 aromatic heterocycles. The van der Waals surface area contributed by atoms with Crippen LogP contribution in [-0.2, 0) is 9.53 Å². The van der Waals surface area contributed by atoms with Crippen molar-refractivity contribution in [2.24, 2.45) is 5.92 Å². The molecule has 4 unspecified atom stereocenters. The molecule has 2 N–H and O–H groups in total. The number of nitrogens with one attached hydrogen (secondary N) is 1. The number of rotatable bonds is 2. The number of urea groups is 1. The van der Waals surface area contributed by atoms with Crippen molar-refractivity contribution in [3.8, 4) is 0 Å². The van der Waals surface area contributed by atoms with Crippen molar-refractivity contribution < 1.29 is 19.4 Å². The van der Waals surface area contributed by atoms with E-state index in [0.717, 1.165) is 19.3 Å². The first kappa shape index (κ1) is 12.7. The summed E-state index contributed by atoms with van der Waals surface area (Å²) in [5.41, 5.74) is 0. The molecule has 3 aliphatic rings. The lowest BCUT2D eigenvalue weighted by Gasteiger charge is -2.33. The molecular formula is C13H20N2O4. The molecule has 6 nitrogen and oxygen atoms in total. The number of ether oxygens (including phenoxy) is 1. The fourth-order valence-electron chi connectivity index (χ4n) is 3.38. The number of nitrogens with zero attached hydrogens (tertiary/aromatic N) is 1. The van der Waals surface area contributed by atoms with Gasteiger partial charge in [0.25, 0.3) is 0 Å². The summed E-state index contributed by atoms with van der Waals surface area (Å²) in [5.74, 6) is -1.05. The zero-order valence-corrected chi connectivity index (χ0v) is 10.9. The number of amides is 2. The number of aliphatic carboxylic acids is 1. The second-order valence-electron chi connectivity index (χ2n) is 5.86. The zero-order valence-electron chi connectivity index (χ0n) is 10.9. The van der Waals surface area contributed by atoms with E-state index in [9.17, 15) is 9.59 Å². The first-order chi connectivity index (χ1) is 9.11. The van der Waals surface area contributed by atoms with Crippen LogP contribution < -0.4 is 5.32 Å². The summed E-state index contributed by atoms with van der Waals surface area (Å²) >= 11 is 0. The highest BCUT2D eigenvalue weighted by atomic mass is 16.5. The Morgan fingerprint density at radius 3 is 2.37 bits per heavy atom. The van der Waals surface area contributed by atoms with Gasteiger partial charge in [0.15, 0.2) is 0 Å². The number of fused-ring (bicyclic) bond motifs is 2. The number of carboxylic acids is 1. The van der Waals surface area contributed by atoms with Gasteiger partial charge in [-0.15, -0.1) is 0 Å². The van der Waals surface area contributed by atoms with E-state index in [-0.39, 0.29) is 30.2 Å². The molecule has 0 aromatic rings. The van der Waals surface area contributed by atoms with E-state index in [2.05, 4.69) is 5.32 Å². The third-order valence-corrected chi connectivity index (χ3v) is 4.44. The van der Waals surface area contributed by atoms with E-state index in [4.69, 9.17) is 9.84 Å². The Kier molecular flexibility index (Phi) is 3.35. The van der Waals surface area contributed by atoms with Crippen LogP contribution in [0.15, 0.2) is 0 Å². The van der Waals surface area contributed by atoms with Gasteiger partial charge in [-0.3, -0.25) is 4.79 Å². The van der Waals surface area contributed by atoms with E-state index < -0.39 is 5.97 Å². The average Bonchev–Trinajstić information content (AvgIpc) is 2.96. The van der Waals surface area contributed by atoms with Gasteiger partial charge in [-0.05, 0) is 32.1 Å². The van der Waals surface area contributed by atoms with Gasteiger partial charge in [0.2, 0.25) is 0 Å². The Morgan fingerprint density at radius 1 is 1.11 bits per heavy atom. The highest BCUT2D eigenvalue weighted by Gasteiger charge is 2.37. The molecule has 2 amide bonds. The molecule has 106 valence electrons. The minimum atomic E-state index is -0.749. The summed E-state index contributed by atoms with van der Waals surface area (Å²) in [7, 11) is 0. The van der Waals surface area contributed by atoms with Crippen LogP contribution in [0.4, 0.5) is 4.79 Å². The maximum Gasteiger partial charge on any atom is 0.317 e. The van der Waals surface area contributed by atoms with Crippen LogP contribution in [0, 0.1) is 5.92 Å². The lowest BCUT2D eigenvalue weighted by Crippen LogP contribution is -2.51. The average molecular weight is 268 g/mol. The SMILES string of the molecule is O=C(O)C1CCC(NC(=O)N2CC3CCC(C2)O3)C1. The smallest absolute Gasteiger partial charge is 0.317 e. The predicted octanol–water partition coefficient (Wildman–Crippen LogP) is 0.812. The van der Waals surface area contributed by atoms with Gasteiger partial charge >= 0.3 is 12.0 Å². The second kappa shape index (κ2) is 5.00. The number of hydrogen-bond acceptors (Lipinski definition) is 3. The van der Waals surface area contributed by atoms with Gasteiger partial charge in [-0.1, -0.05) is 0 Å². The molecule has 0 radical (unpaired) electrons. The van der Waals surface area contributed by atoms with Gasteiger partial charge in [-0.2, -0.15) is 0 Å². The molecule has 2 aliphatic heterocycles. The van der Waals surface area contributed by atoms with Gasteiger partial charge in [0.1, 0.15) is 0 Å². The molecule has 6 heteroatoms. The normalized spacial score (nSPS) is 37.4. The summed E-state index contributed by atoms with van der Waals surface area (Å²) in [5, 5.41) is 11.9. The molecule has 0 spiro atoms. The van der Waals surface area contributed by atoms with Crippen molar-refractivity contribution in [3.63, 3.8) is 0 Å². The molecule has 0 aromatic carbocycles. The van der Waals surface area contributed by atoms with Gasteiger partial charge in [0.05, 0.1) is 18.1 Å². The van der Waals surface area contributed by atoms with Crippen molar-refractivity contribution in [2.45, 2.75) is 50.4 Å². The monoisotopic (exact) mass is 268 g/mol. The zero-order chi connectivity index (χ0) is 13.4. The minimum Gasteiger partial charge on any atom is -0.481 e. The number of carboxylic acid groups (broad SMARTS) is 1. The van der Waals surface area contributed by atoms with E-state index in [1.54, 1.807) is 0 Å². The first-order valence-electron chi connectivity index (χ1n) is 7.05. The van der Waals surface area contributed by atoms with Crippen molar-refractivity contribution in [2.75, 3.05) is 13.1 Å². The number of hydrogen-bond donors (Lipinski definition) is 2.